The number of ether oxygens (including phenoxy) is 1. The first-order valence-electron chi connectivity index (χ1n) is 7.10. The van der Waals surface area contributed by atoms with Crippen molar-refractivity contribution in [3.05, 3.63) is 32.7 Å². The number of aliphatic hydroxyl groups excluding tert-OH is 2. The summed E-state index contributed by atoms with van der Waals surface area (Å²) in [5.74, 6) is 0.350. The molecule has 0 amide bonds. The van der Waals surface area contributed by atoms with Crippen LogP contribution in [-0.4, -0.2) is 51.7 Å². The van der Waals surface area contributed by atoms with Crippen LogP contribution in [0.2, 0.25) is 0 Å². The Morgan fingerprint density at radius 1 is 1.61 bits per heavy atom. The molecule has 3 atom stereocenters. The standard InChI is InChI=1S/C12H19N7O4/c1-7-5-19(12(22)15-11(7)17-14-2-3-20)10-4-8(16-18-13)9(6-21)23-10/h5,8-10,14,20-21H,2-4,6H2,1H3,(H,15,17,22)/t8-,9+,10+/m0/s1. The Kier molecular flexibility index (Phi) is 5.90. The third-order valence-corrected chi connectivity index (χ3v) is 3.47. The van der Waals surface area contributed by atoms with Crippen LogP contribution in [0.4, 0.5) is 5.82 Å². The first-order chi connectivity index (χ1) is 11.1. The van der Waals surface area contributed by atoms with Gasteiger partial charge in [-0.15, -0.1) is 0 Å². The van der Waals surface area contributed by atoms with Crippen molar-refractivity contribution in [3.8, 4) is 0 Å². The lowest BCUT2D eigenvalue weighted by atomic mass is 10.1. The quantitative estimate of drug-likeness (QED) is 0.172. The van der Waals surface area contributed by atoms with E-state index in [-0.39, 0.29) is 19.6 Å². The molecular formula is C12H19N7O4. The lowest BCUT2D eigenvalue weighted by Crippen LogP contribution is -2.32. The van der Waals surface area contributed by atoms with Gasteiger partial charge in [0.25, 0.3) is 0 Å². The van der Waals surface area contributed by atoms with E-state index in [0.29, 0.717) is 17.9 Å². The normalized spacial score (nSPS) is 23.5. The van der Waals surface area contributed by atoms with Crippen molar-refractivity contribution in [2.24, 2.45) is 5.11 Å². The van der Waals surface area contributed by atoms with Gasteiger partial charge >= 0.3 is 5.69 Å². The zero-order valence-electron chi connectivity index (χ0n) is 12.6. The van der Waals surface area contributed by atoms with Gasteiger partial charge in [-0.3, -0.25) is 4.57 Å². The summed E-state index contributed by atoms with van der Waals surface area (Å²) in [6.45, 7) is 1.71. The Morgan fingerprint density at radius 2 is 2.39 bits per heavy atom. The van der Waals surface area contributed by atoms with Crippen molar-refractivity contribution < 1.29 is 14.9 Å². The Hall–Kier alpha value is -2.17. The van der Waals surface area contributed by atoms with E-state index >= 15 is 0 Å². The molecule has 1 saturated heterocycles. The number of rotatable bonds is 7. The van der Waals surface area contributed by atoms with Crippen molar-refractivity contribution in [2.75, 3.05) is 25.2 Å². The second-order valence-electron chi connectivity index (χ2n) is 5.06. The van der Waals surface area contributed by atoms with Crippen LogP contribution in [0.1, 0.15) is 18.2 Å². The number of aromatic nitrogens is 2. The molecular weight excluding hydrogens is 306 g/mol. The Labute approximate surface area is 131 Å². The molecule has 11 nitrogen and oxygen atoms in total. The van der Waals surface area contributed by atoms with Gasteiger partial charge in [-0.05, 0) is 12.5 Å². The predicted molar refractivity (Wildman–Crippen MR) is 80.5 cm³/mol. The minimum Gasteiger partial charge on any atom is -0.395 e. The third-order valence-electron chi connectivity index (χ3n) is 3.47. The lowest BCUT2D eigenvalue weighted by Gasteiger charge is -2.17. The Morgan fingerprint density at radius 3 is 3.04 bits per heavy atom. The van der Waals surface area contributed by atoms with Gasteiger partial charge in [-0.2, -0.15) is 4.98 Å². The molecule has 23 heavy (non-hydrogen) atoms. The molecule has 11 heteroatoms. The number of azide groups is 1. The van der Waals surface area contributed by atoms with Crippen LogP contribution in [-0.2, 0) is 4.74 Å². The third kappa shape index (κ3) is 3.97. The Balaban J connectivity index is 2.19. The van der Waals surface area contributed by atoms with E-state index < -0.39 is 24.1 Å². The summed E-state index contributed by atoms with van der Waals surface area (Å²) in [6.07, 6.45) is 0.565. The van der Waals surface area contributed by atoms with E-state index in [1.54, 1.807) is 13.1 Å². The van der Waals surface area contributed by atoms with Crippen molar-refractivity contribution in [1.82, 2.24) is 15.0 Å². The molecule has 1 aliphatic heterocycles. The predicted octanol–water partition coefficient (Wildman–Crippen LogP) is -0.581. The van der Waals surface area contributed by atoms with Crippen molar-refractivity contribution >= 4 is 5.82 Å². The van der Waals surface area contributed by atoms with Crippen LogP contribution >= 0.6 is 0 Å². The average molecular weight is 325 g/mol. The minimum atomic E-state index is -0.652. The highest BCUT2D eigenvalue weighted by Crippen LogP contribution is 2.30. The molecule has 1 aliphatic rings. The van der Waals surface area contributed by atoms with Crippen LogP contribution in [0, 0.1) is 6.92 Å². The second-order valence-corrected chi connectivity index (χ2v) is 5.06. The van der Waals surface area contributed by atoms with Gasteiger partial charge in [-0.25, -0.2) is 10.2 Å². The molecule has 0 saturated carbocycles. The van der Waals surface area contributed by atoms with Crippen LogP contribution in [0.15, 0.2) is 16.1 Å². The van der Waals surface area contributed by atoms with E-state index in [4.69, 9.17) is 15.4 Å². The minimum absolute atomic E-state index is 0.0532. The van der Waals surface area contributed by atoms with Gasteiger partial charge in [0.05, 0.1) is 25.4 Å². The maximum absolute atomic E-state index is 12.2. The van der Waals surface area contributed by atoms with Gasteiger partial charge in [-0.1, -0.05) is 5.11 Å². The first kappa shape index (κ1) is 17.2. The Bertz CT molecular complexity index is 643. The van der Waals surface area contributed by atoms with Gasteiger partial charge in [0.2, 0.25) is 0 Å². The highest BCUT2D eigenvalue weighted by Gasteiger charge is 2.35. The van der Waals surface area contributed by atoms with Crippen molar-refractivity contribution in [1.29, 1.82) is 0 Å². The van der Waals surface area contributed by atoms with Crippen molar-refractivity contribution in [3.63, 3.8) is 0 Å². The molecule has 2 rings (SSSR count). The summed E-state index contributed by atoms with van der Waals surface area (Å²) in [7, 11) is 0. The molecule has 0 radical (unpaired) electrons. The molecule has 1 fully saturated rings. The van der Waals surface area contributed by atoms with E-state index in [1.165, 1.54) is 4.57 Å². The number of aliphatic hydroxyl groups is 2. The molecule has 1 aromatic rings. The summed E-state index contributed by atoms with van der Waals surface area (Å²) < 4.78 is 6.88. The molecule has 1 aromatic heterocycles. The highest BCUT2D eigenvalue weighted by molar-refractivity contribution is 5.40. The van der Waals surface area contributed by atoms with E-state index in [9.17, 15) is 9.90 Å². The monoisotopic (exact) mass is 325 g/mol. The summed E-state index contributed by atoms with van der Waals surface area (Å²) in [5, 5.41) is 21.6. The molecule has 4 N–H and O–H groups in total. The van der Waals surface area contributed by atoms with E-state index in [0.717, 1.165) is 0 Å². The molecule has 0 aliphatic carbocycles. The molecule has 0 spiro atoms. The number of anilines is 1. The topological polar surface area (TPSA) is 157 Å². The SMILES string of the molecule is Cc1cn([C@H]2C[C@H](N=[N+]=[N-])[C@@H](CO)O2)c(=O)nc1NNCCO. The summed E-state index contributed by atoms with van der Waals surface area (Å²) in [5.41, 5.74) is 14.2. The van der Waals surface area contributed by atoms with Gasteiger partial charge in [0.1, 0.15) is 12.0 Å². The fourth-order valence-electron chi connectivity index (χ4n) is 2.34. The van der Waals surface area contributed by atoms with Crippen LogP contribution in [0.3, 0.4) is 0 Å². The second kappa shape index (κ2) is 7.90. The lowest BCUT2D eigenvalue weighted by molar-refractivity contribution is -0.0270. The number of nitrogens with zero attached hydrogens (tertiary/aromatic N) is 5. The van der Waals surface area contributed by atoms with Gasteiger partial charge < -0.3 is 20.4 Å². The van der Waals surface area contributed by atoms with Crippen molar-refractivity contribution in [2.45, 2.75) is 31.7 Å². The largest absolute Gasteiger partial charge is 0.395 e. The van der Waals surface area contributed by atoms with Gasteiger partial charge in [0.15, 0.2) is 0 Å². The van der Waals surface area contributed by atoms with Crippen LogP contribution in [0.25, 0.3) is 10.4 Å². The van der Waals surface area contributed by atoms with Crippen LogP contribution < -0.4 is 16.5 Å². The first-order valence-corrected chi connectivity index (χ1v) is 7.10. The fourth-order valence-corrected chi connectivity index (χ4v) is 2.34. The zero-order valence-corrected chi connectivity index (χ0v) is 12.6. The fraction of sp³-hybridized carbons (Fsp3) is 0.667. The molecule has 126 valence electrons. The summed E-state index contributed by atoms with van der Waals surface area (Å²) in [4.78, 5) is 18.8. The highest BCUT2D eigenvalue weighted by atomic mass is 16.5. The molecule has 0 aromatic carbocycles. The number of hydrazine groups is 1. The van der Waals surface area contributed by atoms with E-state index in [2.05, 4.69) is 25.9 Å². The maximum atomic E-state index is 12.2. The number of nitrogens with one attached hydrogen (secondary N) is 2. The molecule has 0 unspecified atom stereocenters. The number of hydrogen-bond acceptors (Lipinski definition) is 8. The smallest absolute Gasteiger partial charge is 0.351 e. The zero-order chi connectivity index (χ0) is 16.8. The number of hydrogen-bond donors (Lipinski definition) is 4. The maximum Gasteiger partial charge on any atom is 0.351 e. The van der Waals surface area contributed by atoms with Gasteiger partial charge in [0, 0.05) is 29.6 Å². The number of aryl methyl sites for hydroxylation is 1. The molecule has 2 heterocycles. The van der Waals surface area contributed by atoms with Crippen LogP contribution in [0.5, 0.6) is 0 Å². The molecule has 0 bridgehead atoms. The van der Waals surface area contributed by atoms with E-state index in [1.807, 2.05) is 0 Å². The average Bonchev–Trinajstić information content (AvgIpc) is 2.93. The summed E-state index contributed by atoms with van der Waals surface area (Å²) >= 11 is 0. The summed E-state index contributed by atoms with van der Waals surface area (Å²) in [6, 6.07) is -0.536.